The number of hydrogen-bond acceptors (Lipinski definition) is 4. The van der Waals surface area contributed by atoms with E-state index < -0.39 is 18.2 Å². The molecule has 2 saturated carbocycles. The van der Waals surface area contributed by atoms with Crippen LogP contribution in [0.5, 0.6) is 0 Å². The minimum Gasteiger partial charge on any atom is -0.481 e. The highest BCUT2D eigenvalue weighted by molar-refractivity contribution is 5.84. The summed E-state index contributed by atoms with van der Waals surface area (Å²) in [5.41, 5.74) is 0. The molecule has 0 bridgehead atoms. The van der Waals surface area contributed by atoms with Crippen molar-refractivity contribution >= 4 is 11.8 Å². The Morgan fingerprint density at radius 1 is 1.19 bits per heavy atom. The maximum atomic E-state index is 12.2. The van der Waals surface area contributed by atoms with Gasteiger partial charge in [0.2, 0.25) is 0 Å². The number of carbonyl (C=O) groups excluding carboxylic acids is 1. The minimum absolute atomic E-state index is 0.0640. The Morgan fingerprint density at radius 3 is 2.63 bits per heavy atom. The summed E-state index contributed by atoms with van der Waals surface area (Å²) in [4.78, 5) is 22.7. The molecule has 0 saturated heterocycles. The molecule has 0 amide bonds. The summed E-state index contributed by atoms with van der Waals surface area (Å²) in [5, 5.41) is 29.1. The Balaban J connectivity index is 1.81. The zero-order valence-electron chi connectivity index (χ0n) is 16.1. The third kappa shape index (κ3) is 7.59. The molecule has 5 nitrogen and oxygen atoms in total. The molecule has 5 heteroatoms. The van der Waals surface area contributed by atoms with Crippen LogP contribution in [-0.4, -0.2) is 39.3 Å². The number of ketones is 1. The molecule has 0 aliphatic heterocycles. The minimum atomic E-state index is -0.797. The third-order valence-electron chi connectivity index (χ3n) is 5.91. The molecular formula is C22H34O5. The van der Waals surface area contributed by atoms with E-state index in [4.69, 9.17) is 5.11 Å². The highest BCUT2D eigenvalue weighted by atomic mass is 16.4. The van der Waals surface area contributed by atoms with E-state index in [1.54, 1.807) is 6.08 Å². The summed E-state index contributed by atoms with van der Waals surface area (Å²) < 4.78 is 0. The zero-order chi connectivity index (χ0) is 19.6. The number of aliphatic hydroxyl groups is 2. The molecule has 0 aromatic carbocycles. The summed E-state index contributed by atoms with van der Waals surface area (Å²) in [6.07, 6.45) is 15.3. The van der Waals surface area contributed by atoms with Crippen molar-refractivity contribution in [3.63, 3.8) is 0 Å². The molecule has 0 unspecified atom stereocenters. The molecule has 152 valence electrons. The molecule has 0 spiro atoms. The van der Waals surface area contributed by atoms with E-state index in [1.807, 2.05) is 18.2 Å². The third-order valence-corrected chi connectivity index (χ3v) is 5.91. The second-order valence-corrected chi connectivity index (χ2v) is 8.11. The van der Waals surface area contributed by atoms with Crippen molar-refractivity contribution in [3.05, 3.63) is 24.3 Å². The van der Waals surface area contributed by atoms with Gasteiger partial charge >= 0.3 is 5.97 Å². The molecule has 2 fully saturated rings. The maximum absolute atomic E-state index is 12.2. The van der Waals surface area contributed by atoms with E-state index in [0.29, 0.717) is 25.2 Å². The Hall–Kier alpha value is -1.46. The Morgan fingerprint density at radius 2 is 1.93 bits per heavy atom. The molecule has 2 aliphatic rings. The van der Waals surface area contributed by atoms with E-state index in [1.165, 1.54) is 32.1 Å². The lowest BCUT2D eigenvalue weighted by atomic mass is 9.85. The van der Waals surface area contributed by atoms with Crippen LogP contribution in [0.2, 0.25) is 0 Å². The summed E-state index contributed by atoms with van der Waals surface area (Å²) in [7, 11) is 0. The van der Waals surface area contributed by atoms with Gasteiger partial charge in [-0.05, 0) is 31.6 Å². The van der Waals surface area contributed by atoms with Crippen LogP contribution in [0.1, 0.15) is 70.6 Å². The van der Waals surface area contributed by atoms with Crippen molar-refractivity contribution < 1.29 is 24.9 Å². The molecule has 3 N–H and O–H groups in total. The van der Waals surface area contributed by atoms with Crippen LogP contribution in [0.15, 0.2) is 24.3 Å². The summed E-state index contributed by atoms with van der Waals surface area (Å²) in [5.74, 6) is -0.655. The number of carbonyl (C=O) groups is 2. The Labute approximate surface area is 162 Å². The van der Waals surface area contributed by atoms with Crippen molar-refractivity contribution in [3.8, 4) is 0 Å². The average Bonchev–Trinajstić information content (AvgIpc) is 2.89. The van der Waals surface area contributed by atoms with Gasteiger partial charge in [0, 0.05) is 24.7 Å². The predicted octanol–water partition coefficient (Wildman–Crippen LogP) is 3.64. The van der Waals surface area contributed by atoms with Crippen molar-refractivity contribution in [1.82, 2.24) is 0 Å². The van der Waals surface area contributed by atoms with E-state index in [2.05, 4.69) is 0 Å². The first kappa shape index (κ1) is 21.8. The molecular weight excluding hydrogens is 344 g/mol. The molecule has 0 radical (unpaired) electrons. The first-order valence-corrected chi connectivity index (χ1v) is 10.4. The normalized spacial score (nSPS) is 28.4. The van der Waals surface area contributed by atoms with Crippen LogP contribution in [0.3, 0.4) is 0 Å². The van der Waals surface area contributed by atoms with Crippen LogP contribution >= 0.6 is 0 Å². The summed E-state index contributed by atoms with van der Waals surface area (Å²) in [6.45, 7) is 0. The summed E-state index contributed by atoms with van der Waals surface area (Å²) >= 11 is 0. The fourth-order valence-electron chi connectivity index (χ4n) is 4.36. The quantitative estimate of drug-likeness (QED) is 0.398. The molecule has 0 aromatic heterocycles. The molecule has 0 aromatic rings. The average molecular weight is 379 g/mol. The number of aliphatic carboxylic acids is 1. The lowest BCUT2D eigenvalue weighted by Gasteiger charge is -2.23. The van der Waals surface area contributed by atoms with Crippen LogP contribution in [0.25, 0.3) is 0 Å². The highest BCUT2D eigenvalue weighted by Crippen LogP contribution is 2.34. The molecule has 2 rings (SSSR count). The number of allylic oxidation sites excluding steroid dienone is 2. The van der Waals surface area contributed by atoms with Gasteiger partial charge in [-0.1, -0.05) is 56.4 Å². The lowest BCUT2D eigenvalue weighted by Crippen LogP contribution is -2.19. The number of Topliss-reactive ketones (excluding diaryl/α,β-unsaturated/α-hetero) is 1. The van der Waals surface area contributed by atoms with Crippen LogP contribution in [0, 0.1) is 17.8 Å². The smallest absolute Gasteiger partial charge is 0.303 e. The van der Waals surface area contributed by atoms with Gasteiger partial charge in [0.05, 0.1) is 12.2 Å². The molecule has 2 aliphatic carbocycles. The van der Waals surface area contributed by atoms with Crippen molar-refractivity contribution in [2.75, 3.05) is 0 Å². The molecule has 4 atom stereocenters. The van der Waals surface area contributed by atoms with Crippen molar-refractivity contribution in [1.29, 1.82) is 0 Å². The van der Waals surface area contributed by atoms with Crippen LogP contribution in [0.4, 0.5) is 0 Å². The van der Waals surface area contributed by atoms with Gasteiger partial charge in [-0.15, -0.1) is 0 Å². The monoisotopic (exact) mass is 378 g/mol. The lowest BCUT2D eigenvalue weighted by molar-refractivity contribution is -0.137. The Kier molecular flexibility index (Phi) is 9.22. The van der Waals surface area contributed by atoms with Crippen LogP contribution < -0.4 is 0 Å². The molecule has 27 heavy (non-hydrogen) atoms. The van der Waals surface area contributed by atoms with Gasteiger partial charge < -0.3 is 15.3 Å². The number of rotatable bonds is 10. The maximum Gasteiger partial charge on any atom is 0.303 e. The zero-order valence-corrected chi connectivity index (χ0v) is 16.1. The summed E-state index contributed by atoms with van der Waals surface area (Å²) in [6, 6.07) is 0. The van der Waals surface area contributed by atoms with E-state index in [0.717, 1.165) is 6.42 Å². The van der Waals surface area contributed by atoms with E-state index in [-0.39, 0.29) is 30.5 Å². The van der Waals surface area contributed by atoms with Crippen LogP contribution in [-0.2, 0) is 9.59 Å². The van der Waals surface area contributed by atoms with Gasteiger partial charge in [0.15, 0.2) is 0 Å². The number of hydrogen-bond donors (Lipinski definition) is 3. The SMILES string of the molecule is O=C(O)CCC/C=C\C[C@H]1C(=O)C[C@@H](O)[C@@H]1/C=C/[C@H](O)CC1CCCCC1. The van der Waals surface area contributed by atoms with Crippen molar-refractivity contribution in [2.45, 2.75) is 82.8 Å². The topological polar surface area (TPSA) is 94.8 Å². The van der Waals surface area contributed by atoms with Gasteiger partial charge in [0.1, 0.15) is 5.78 Å². The fraction of sp³-hybridized carbons (Fsp3) is 0.727. The first-order valence-electron chi connectivity index (χ1n) is 10.4. The highest BCUT2D eigenvalue weighted by Gasteiger charge is 2.39. The number of carboxylic acids is 1. The van der Waals surface area contributed by atoms with Gasteiger partial charge in [-0.2, -0.15) is 0 Å². The van der Waals surface area contributed by atoms with E-state index in [9.17, 15) is 19.8 Å². The second kappa shape index (κ2) is 11.4. The Bertz CT molecular complexity index is 533. The fourth-order valence-corrected chi connectivity index (χ4v) is 4.36. The largest absolute Gasteiger partial charge is 0.481 e. The molecule has 0 heterocycles. The predicted molar refractivity (Wildman–Crippen MR) is 104 cm³/mol. The van der Waals surface area contributed by atoms with Gasteiger partial charge in [0.25, 0.3) is 0 Å². The van der Waals surface area contributed by atoms with Gasteiger partial charge in [-0.25, -0.2) is 0 Å². The van der Waals surface area contributed by atoms with Gasteiger partial charge in [-0.3, -0.25) is 9.59 Å². The standard InChI is InChI=1S/C22H34O5/c23-17(14-16-8-4-3-5-9-16)12-13-19-18(20(24)15-21(19)25)10-6-1-2-7-11-22(26)27/h1,6,12-13,16-19,21,23,25H,2-5,7-11,14-15H2,(H,26,27)/b6-1-,13-12+/t17-,18+,19+,21+/m0/s1. The van der Waals surface area contributed by atoms with Crippen molar-refractivity contribution in [2.24, 2.45) is 17.8 Å². The second-order valence-electron chi connectivity index (χ2n) is 8.11. The number of aliphatic hydroxyl groups excluding tert-OH is 2. The van der Waals surface area contributed by atoms with E-state index >= 15 is 0 Å². The number of unbranched alkanes of at least 4 members (excludes halogenated alkanes) is 1. The number of carboxylic acid groups (broad SMARTS) is 1. The first-order chi connectivity index (χ1) is 13.0.